The molecule has 0 saturated heterocycles. The van der Waals surface area contributed by atoms with Gasteiger partial charge in [0.25, 0.3) is 5.91 Å². The van der Waals surface area contributed by atoms with Gasteiger partial charge in [-0.2, -0.15) is 13.2 Å². The van der Waals surface area contributed by atoms with E-state index in [1.54, 1.807) is 6.92 Å². The summed E-state index contributed by atoms with van der Waals surface area (Å²) < 4.78 is 71.5. The maximum absolute atomic E-state index is 14.7. The Hall–Kier alpha value is -3.27. The summed E-state index contributed by atoms with van der Waals surface area (Å²) in [6.07, 6.45) is -2.16. The summed E-state index contributed by atoms with van der Waals surface area (Å²) in [7, 11) is 0. The quantitative estimate of drug-likeness (QED) is 0.508. The highest BCUT2D eigenvalue weighted by Gasteiger charge is 2.30. The van der Waals surface area contributed by atoms with Crippen LogP contribution in [0.15, 0.2) is 42.7 Å². The van der Waals surface area contributed by atoms with Crippen molar-refractivity contribution in [2.75, 3.05) is 11.9 Å². The minimum atomic E-state index is -4.72. The minimum Gasteiger partial charge on any atom is -0.483 e. The molecule has 2 aromatic carbocycles. The van der Waals surface area contributed by atoms with Crippen LogP contribution in [0.25, 0.3) is 11.3 Å². The Labute approximate surface area is 177 Å². The third-order valence-electron chi connectivity index (χ3n) is 3.96. The summed E-state index contributed by atoms with van der Waals surface area (Å²) in [5.41, 5.74) is -0.681. The van der Waals surface area contributed by atoms with Crippen LogP contribution in [0.2, 0.25) is 5.02 Å². The van der Waals surface area contributed by atoms with E-state index < -0.39 is 47.3 Å². The smallest absolute Gasteiger partial charge is 0.422 e. The summed E-state index contributed by atoms with van der Waals surface area (Å²) in [6.45, 7) is -0.0926. The number of ether oxygens (including phenoxy) is 1. The van der Waals surface area contributed by atoms with Crippen LogP contribution in [0.1, 0.15) is 16.1 Å². The number of hydrogen-bond acceptors (Lipinski definition) is 4. The SMILES string of the molecule is Cc1cnc(-c2cc(OCC(F)(F)F)c(C(=O)Nc3c(F)cccc3Cl)cc2F)cn1. The van der Waals surface area contributed by atoms with Gasteiger partial charge in [0.2, 0.25) is 0 Å². The number of hydrogen-bond donors (Lipinski definition) is 1. The summed E-state index contributed by atoms with van der Waals surface area (Å²) in [5.74, 6) is -3.56. The molecule has 1 amide bonds. The van der Waals surface area contributed by atoms with Gasteiger partial charge in [-0.1, -0.05) is 17.7 Å². The van der Waals surface area contributed by atoms with Crippen molar-refractivity contribution in [1.82, 2.24) is 9.97 Å². The number of benzene rings is 2. The fraction of sp³-hybridized carbons (Fsp3) is 0.150. The number of nitrogens with zero attached hydrogens (tertiary/aromatic N) is 2. The van der Waals surface area contributed by atoms with Crippen molar-refractivity contribution in [1.29, 1.82) is 0 Å². The molecule has 1 heterocycles. The predicted octanol–water partition coefficient (Wildman–Crippen LogP) is 5.58. The molecule has 11 heteroatoms. The van der Waals surface area contributed by atoms with Crippen molar-refractivity contribution in [3.8, 4) is 17.0 Å². The highest BCUT2D eigenvalue weighted by Crippen LogP contribution is 2.32. The van der Waals surface area contributed by atoms with Crippen LogP contribution in [-0.4, -0.2) is 28.7 Å². The Kier molecular flexibility index (Phi) is 6.40. The fourth-order valence-electron chi connectivity index (χ4n) is 2.54. The first kappa shape index (κ1) is 22.4. The molecule has 0 aliphatic carbocycles. The van der Waals surface area contributed by atoms with Gasteiger partial charge in [0.15, 0.2) is 6.61 Å². The zero-order chi connectivity index (χ0) is 22.8. The van der Waals surface area contributed by atoms with Gasteiger partial charge in [-0.3, -0.25) is 14.8 Å². The maximum atomic E-state index is 14.7. The molecule has 0 atom stereocenters. The second-order valence-electron chi connectivity index (χ2n) is 6.33. The average Bonchev–Trinajstić information content (AvgIpc) is 2.69. The number of anilines is 1. The molecule has 0 unspecified atom stereocenters. The lowest BCUT2D eigenvalue weighted by Gasteiger charge is -2.16. The summed E-state index contributed by atoms with van der Waals surface area (Å²) in [6, 6.07) is 5.18. The number of amides is 1. The molecule has 0 saturated carbocycles. The Bertz CT molecular complexity index is 1100. The number of rotatable bonds is 5. The number of carbonyl (C=O) groups is 1. The molecule has 0 bridgehead atoms. The van der Waals surface area contributed by atoms with Crippen molar-refractivity contribution in [2.45, 2.75) is 13.1 Å². The van der Waals surface area contributed by atoms with Gasteiger partial charge >= 0.3 is 6.18 Å². The molecule has 0 aliphatic heterocycles. The molecule has 0 fully saturated rings. The molecule has 31 heavy (non-hydrogen) atoms. The molecular weight excluding hydrogens is 445 g/mol. The number of alkyl halides is 3. The first-order valence-corrected chi connectivity index (χ1v) is 9.00. The van der Waals surface area contributed by atoms with E-state index in [1.165, 1.54) is 24.5 Å². The van der Waals surface area contributed by atoms with Gasteiger partial charge < -0.3 is 10.1 Å². The van der Waals surface area contributed by atoms with Gasteiger partial charge in [0.1, 0.15) is 17.4 Å². The lowest BCUT2D eigenvalue weighted by atomic mass is 10.1. The second kappa shape index (κ2) is 8.84. The van der Waals surface area contributed by atoms with Crippen LogP contribution in [0, 0.1) is 18.6 Å². The molecule has 1 aromatic heterocycles. The van der Waals surface area contributed by atoms with Crippen LogP contribution < -0.4 is 10.1 Å². The van der Waals surface area contributed by atoms with E-state index in [2.05, 4.69) is 15.3 Å². The Balaban J connectivity index is 2.04. The topological polar surface area (TPSA) is 64.1 Å². The Morgan fingerprint density at radius 1 is 1.13 bits per heavy atom. The van der Waals surface area contributed by atoms with Gasteiger partial charge in [-0.05, 0) is 31.2 Å². The van der Waals surface area contributed by atoms with E-state index in [4.69, 9.17) is 16.3 Å². The number of para-hydroxylation sites is 1. The van der Waals surface area contributed by atoms with Crippen LogP contribution in [-0.2, 0) is 0 Å². The van der Waals surface area contributed by atoms with Gasteiger partial charge in [0.05, 0.1) is 33.9 Å². The molecule has 0 aliphatic rings. The lowest BCUT2D eigenvalue weighted by Crippen LogP contribution is -2.22. The van der Waals surface area contributed by atoms with Crippen molar-refractivity contribution >= 4 is 23.2 Å². The van der Waals surface area contributed by atoms with E-state index in [-0.39, 0.29) is 16.3 Å². The highest BCUT2D eigenvalue weighted by atomic mass is 35.5. The molecule has 5 nitrogen and oxygen atoms in total. The van der Waals surface area contributed by atoms with Crippen molar-refractivity contribution in [3.63, 3.8) is 0 Å². The largest absolute Gasteiger partial charge is 0.483 e. The summed E-state index contributed by atoms with van der Waals surface area (Å²) >= 11 is 5.85. The minimum absolute atomic E-state index is 0.0177. The maximum Gasteiger partial charge on any atom is 0.422 e. The second-order valence-corrected chi connectivity index (χ2v) is 6.73. The monoisotopic (exact) mass is 457 g/mol. The first-order chi connectivity index (χ1) is 14.5. The normalized spacial score (nSPS) is 11.3. The zero-order valence-electron chi connectivity index (χ0n) is 15.7. The van der Waals surface area contributed by atoms with E-state index in [9.17, 15) is 26.7 Å². The van der Waals surface area contributed by atoms with Gasteiger partial charge in [0, 0.05) is 11.8 Å². The molecule has 162 valence electrons. The molecule has 0 radical (unpaired) electrons. The molecule has 3 rings (SSSR count). The number of halogens is 6. The van der Waals surface area contributed by atoms with Crippen LogP contribution in [0.5, 0.6) is 5.75 Å². The van der Waals surface area contributed by atoms with Crippen LogP contribution in [0.3, 0.4) is 0 Å². The Morgan fingerprint density at radius 3 is 2.48 bits per heavy atom. The van der Waals surface area contributed by atoms with E-state index >= 15 is 0 Å². The fourth-order valence-corrected chi connectivity index (χ4v) is 2.75. The zero-order valence-corrected chi connectivity index (χ0v) is 16.5. The van der Waals surface area contributed by atoms with Crippen LogP contribution >= 0.6 is 11.6 Å². The third-order valence-corrected chi connectivity index (χ3v) is 4.28. The number of carbonyl (C=O) groups excluding carboxylic acids is 1. The molecular formula is C20H13ClF5N3O2. The Morgan fingerprint density at radius 2 is 1.87 bits per heavy atom. The molecule has 3 aromatic rings. The van der Waals surface area contributed by atoms with Crippen LogP contribution in [0.4, 0.5) is 27.6 Å². The molecule has 0 spiro atoms. The van der Waals surface area contributed by atoms with Gasteiger partial charge in [-0.25, -0.2) is 8.78 Å². The highest BCUT2D eigenvalue weighted by molar-refractivity contribution is 6.34. The predicted molar refractivity (Wildman–Crippen MR) is 103 cm³/mol. The third kappa shape index (κ3) is 5.46. The van der Waals surface area contributed by atoms with Crippen molar-refractivity contribution < 1.29 is 31.5 Å². The lowest BCUT2D eigenvalue weighted by molar-refractivity contribution is -0.153. The standard InChI is InChI=1S/C20H13ClF5N3O2/c1-10-7-28-16(8-27-10)11-6-17(31-9-20(24,25)26)12(5-15(11)23)19(30)29-18-13(21)3-2-4-14(18)22/h2-8H,9H2,1H3,(H,29,30). The number of aryl methyl sites for hydroxylation is 1. The number of nitrogens with one attached hydrogen (secondary N) is 1. The number of aromatic nitrogens is 2. The molecule has 1 N–H and O–H groups in total. The van der Waals surface area contributed by atoms with E-state index in [1.807, 2.05) is 0 Å². The van der Waals surface area contributed by atoms with Gasteiger partial charge in [-0.15, -0.1) is 0 Å². The summed E-state index contributed by atoms with van der Waals surface area (Å²) in [4.78, 5) is 20.6. The first-order valence-electron chi connectivity index (χ1n) is 8.62. The van der Waals surface area contributed by atoms with E-state index in [0.717, 1.165) is 12.1 Å². The van der Waals surface area contributed by atoms with Crippen molar-refractivity contribution in [2.24, 2.45) is 0 Å². The van der Waals surface area contributed by atoms with E-state index in [0.29, 0.717) is 11.8 Å². The summed E-state index contributed by atoms with van der Waals surface area (Å²) in [5, 5.41) is 1.97. The average molecular weight is 458 g/mol. The van der Waals surface area contributed by atoms with Crippen molar-refractivity contribution in [3.05, 3.63) is 70.6 Å².